The minimum atomic E-state index is 0.506. The van der Waals surface area contributed by atoms with E-state index < -0.39 is 0 Å². The second-order valence-electron chi connectivity index (χ2n) is 2.47. The van der Waals surface area contributed by atoms with Gasteiger partial charge in [-0.05, 0) is 24.4 Å². The number of nitrogens with one attached hydrogen (secondary N) is 1. The molecule has 3 N–H and O–H groups in total. The summed E-state index contributed by atoms with van der Waals surface area (Å²) >= 11 is 0. The zero-order valence-corrected chi connectivity index (χ0v) is 7.54. The van der Waals surface area contributed by atoms with E-state index in [0.717, 1.165) is 10.9 Å². The topological polar surface area (TPSA) is 49.9 Å². The first kappa shape index (κ1) is 8.22. The van der Waals surface area contributed by atoms with E-state index in [1.807, 2.05) is 18.2 Å². The Morgan fingerprint density at radius 1 is 1.55 bits per heavy atom. The third-order valence-electron chi connectivity index (χ3n) is 1.48. The van der Waals surface area contributed by atoms with Crippen LogP contribution in [0.2, 0.25) is 0 Å². The van der Waals surface area contributed by atoms with Gasteiger partial charge in [-0.25, -0.2) is 0 Å². The van der Waals surface area contributed by atoms with Crippen LogP contribution in [0.25, 0.3) is 0 Å². The molecule has 0 saturated carbocycles. The van der Waals surface area contributed by atoms with Gasteiger partial charge in [-0.2, -0.15) is 0 Å². The summed E-state index contributed by atoms with van der Waals surface area (Å²) in [4.78, 5) is 0. The van der Waals surface area contributed by atoms with Gasteiger partial charge in [0, 0.05) is 17.0 Å². The molecule has 1 unspecified atom stereocenters. The molecule has 0 heterocycles. The monoisotopic (exact) mass is 166 g/mol. The summed E-state index contributed by atoms with van der Waals surface area (Å²) in [5, 5.41) is 8.44. The van der Waals surface area contributed by atoms with E-state index in [9.17, 15) is 0 Å². The molecule has 0 spiro atoms. The van der Waals surface area contributed by atoms with Crippen molar-refractivity contribution in [2.24, 2.45) is 0 Å². The van der Waals surface area contributed by atoms with Crippen molar-refractivity contribution in [3.05, 3.63) is 23.8 Å². The van der Waals surface area contributed by atoms with Crippen LogP contribution in [-0.2, 0) is 0 Å². The fourth-order valence-corrected chi connectivity index (χ4v) is 1.16. The molecule has 0 saturated heterocycles. The summed E-state index contributed by atoms with van der Waals surface area (Å²) in [5.41, 5.74) is 7.63. The van der Waals surface area contributed by atoms with Gasteiger partial charge in [0.15, 0.2) is 0 Å². The third-order valence-corrected chi connectivity index (χ3v) is 1.84. The highest BCUT2D eigenvalue weighted by Gasteiger charge is 1.99. The summed E-state index contributed by atoms with van der Waals surface area (Å²) in [6.45, 7) is 1.73. The number of hydrogen-bond donors (Lipinski definition) is 2. The molecule has 1 aromatic rings. The van der Waals surface area contributed by atoms with E-state index in [-0.39, 0.29) is 0 Å². The van der Waals surface area contributed by atoms with Gasteiger partial charge < -0.3 is 11.1 Å². The first-order chi connectivity index (χ1) is 5.11. The minimum absolute atomic E-state index is 0.506. The van der Waals surface area contributed by atoms with Gasteiger partial charge in [-0.15, -0.1) is 9.24 Å². The van der Waals surface area contributed by atoms with Crippen molar-refractivity contribution >= 4 is 25.9 Å². The average Bonchev–Trinajstić information content (AvgIpc) is 1.94. The third kappa shape index (κ3) is 1.78. The normalized spacial score (nSPS) is 9.64. The molecule has 0 amide bonds. The van der Waals surface area contributed by atoms with Crippen LogP contribution in [0.1, 0.15) is 12.5 Å². The number of anilines is 1. The van der Waals surface area contributed by atoms with Gasteiger partial charge in [-0.1, -0.05) is 6.07 Å². The predicted octanol–water partition coefficient (Wildman–Crippen LogP) is 1.16. The Bertz CT molecular complexity index is 294. The fourth-order valence-electron chi connectivity index (χ4n) is 0.899. The highest BCUT2D eigenvalue weighted by atomic mass is 31.0. The summed E-state index contributed by atoms with van der Waals surface area (Å²) in [7, 11) is 2.58. The van der Waals surface area contributed by atoms with E-state index >= 15 is 0 Å². The second-order valence-corrected chi connectivity index (χ2v) is 3.14. The van der Waals surface area contributed by atoms with Crippen molar-refractivity contribution in [2.45, 2.75) is 6.92 Å². The van der Waals surface area contributed by atoms with Crippen LogP contribution in [0.3, 0.4) is 0 Å². The molecule has 0 aliphatic rings. The van der Waals surface area contributed by atoms with E-state index in [1.54, 1.807) is 6.92 Å². The molecule has 0 aliphatic heterocycles. The highest BCUT2D eigenvalue weighted by Crippen LogP contribution is 2.10. The molecule has 0 aromatic heterocycles. The fraction of sp³-hybridized carbons (Fsp3) is 0.125. The Morgan fingerprint density at radius 2 is 2.18 bits per heavy atom. The Hall–Kier alpha value is -0.880. The average molecular weight is 166 g/mol. The molecule has 1 atom stereocenters. The lowest BCUT2D eigenvalue weighted by molar-refractivity contribution is 1.46. The van der Waals surface area contributed by atoms with Crippen LogP contribution < -0.4 is 11.0 Å². The van der Waals surface area contributed by atoms with Crippen LogP contribution in [0.15, 0.2) is 18.2 Å². The van der Waals surface area contributed by atoms with Gasteiger partial charge in [0.1, 0.15) is 0 Å². The lowest BCUT2D eigenvalue weighted by Gasteiger charge is -2.03. The van der Waals surface area contributed by atoms with Gasteiger partial charge in [-0.3, -0.25) is 0 Å². The molecule has 11 heavy (non-hydrogen) atoms. The maximum Gasteiger partial charge on any atom is 0.0406 e. The molecule has 0 aliphatic carbocycles. The number of benzene rings is 1. The van der Waals surface area contributed by atoms with Crippen LogP contribution in [0.5, 0.6) is 0 Å². The molecule has 1 rings (SSSR count). The van der Waals surface area contributed by atoms with Crippen molar-refractivity contribution in [1.82, 2.24) is 0 Å². The lowest BCUT2D eigenvalue weighted by atomic mass is 10.1. The van der Waals surface area contributed by atoms with Crippen molar-refractivity contribution < 1.29 is 0 Å². The smallest absolute Gasteiger partial charge is 0.0406 e. The molecule has 58 valence electrons. The summed E-state index contributed by atoms with van der Waals surface area (Å²) < 4.78 is 0. The Labute approximate surface area is 68.5 Å². The SMILES string of the molecule is CC(=N)c1cc(P)ccc1N. The first-order valence-corrected chi connectivity index (χ1v) is 3.89. The summed E-state index contributed by atoms with van der Waals surface area (Å²) in [5.74, 6) is 0. The molecule has 0 bridgehead atoms. The highest BCUT2D eigenvalue weighted by molar-refractivity contribution is 7.27. The second kappa shape index (κ2) is 3.02. The van der Waals surface area contributed by atoms with Gasteiger partial charge in [0.05, 0.1) is 0 Å². The largest absolute Gasteiger partial charge is 0.398 e. The van der Waals surface area contributed by atoms with Gasteiger partial charge in [0.25, 0.3) is 0 Å². The quantitative estimate of drug-likeness (QED) is 0.367. The Balaban J connectivity index is 3.23. The van der Waals surface area contributed by atoms with E-state index in [2.05, 4.69) is 9.24 Å². The van der Waals surface area contributed by atoms with Crippen LogP contribution in [0, 0.1) is 5.41 Å². The van der Waals surface area contributed by atoms with Crippen molar-refractivity contribution in [2.75, 3.05) is 5.73 Å². The number of rotatable bonds is 1. The van der Waals surface area contributed by atoms with Crippen molar-refractivity contribution in [3.8, 4) is 0 Å². The summed E-state index contributed by atoms with van der Waals surface area (Å²) in [6.07, 6.45) is 0. The van der Waals surface area contributed by atoms with Crippen molar-refractivity contribution in [1.29, 1.82) is 5.41 Å². The minimum Gasteiger partial charge on any atom is -0.398 e. The van der Waals surface area contributed by atoms with Gasteiger partial charge >= 0.3 is 0 Å². The maximum atomic E-state index is 7.38. The molecular formula is C8H11N2P. The molecule has 3 heteroatoms. The number of nitrogen functional groups attached to an aromatic ring is 1. The Morgan fingerprint density at radius 3 is 2.64 bits per heavy atom. The van der Waals surface area contributed by atoms with Crippen molar-refractivity contribution in [3.63, 3.8) is 0 Å². The number of nitrogens with two attached hydrogens (primary N) is 1. The van der Waals surface area contributed by atoms with Gasteiger partial charge in [0.2, 0.25) is 0 Å². The molecule has 0 fully saturated rings. The first-order valence-electron chi connectivity index (χ1n) is 3.32. The number of hydrogen-bond acceptors (Lipinski definition) is 2. The lowest BCUT2D eigenvalue weighted by Crippen LogP contribution is -2.03. The molecule has 1 aromatic carbocycles. The summed E-state index contributed by atoms with van der Waals surface area (Å²) in [6, 6.07) is 5.62. The van der Waals surface area contributed by atoms with E-state index in [0.29, 0.717) is 11.4 Å². The maximum absolute atomic E-state index is 7.38. The molecule has 0 radical (unpaired) electrons. The zero-order valence-electron chi connectivity index (χ0n) is 6.39. The molecule has 2 nitrogen and oxygen atoms in total. The standard InChI is InChI=1S/C8H11N2P/c1-5(9)7-4-6(11)2-3-8(7)10/h2-4,9H,10-11H2,1H3. The molecular weight excluding hydrogens is 155 g/mol. The van der Waals surface area contributed by atoms with E-state index in [1.165, 1.54) is 0 Å². The van der Waals surface area contributed by atoms with E-state index in [4.69, 9.17) is 11.1 Å². The zero-order chi connectivity index (χ0) is 8.43. The van der Waals surface area contributed by atoms with Crippen LogP contribution in [-0.4, -0.2) is 5.71 Å². The Kier molecular flexibility index (Phi) is 2.25. The van der Waals surface area contributed by atoms with Crippen LogP contribution >= 0.6 is 9.24 Å². The van der Waals surface area contributed by atoms with Crippen LogP contribution in [0.4, 0.5) is 5.69 Å². The predicted molar refractivity (Wildman–Crippen MR) is 52.7 cm³/mol.